The molecule has 1 saturated heterocycles. The van der Waals surface area contributed by atoms with E-state index in [0.717, 1.165) is 37.1 Å². The van der Waals surface area contributed by atoms with Gasteiger partial charge in [-0.2, -0.15) is 9.78 Å². The quantitative estimate of drug-likeness (QED) is 0.709. The van der Waals surface area contributed by atoms with Crippen molar-refractivity contribution in [1.82, 2.24) is 9.78 Å². The van der Waals surface area contributed by atoms with Gasteiger partial charge in [0, 0.05) is 24.7 Å². The molecule has 0 spiro atoms. The minimum absolute atomic E-state index is 0.152. The fraction of sp³-hybridized carbons (Fsp3) is 0.304. The zero-order valence-electron chi connectivity index (χ0n) is 16.6. The number of nitrogens with two attached hydrogens (primary N) is 1. The Morgan fingerprint density at radius 3 is 2.45 bits per heavy atom. The molecule has 1 aromatic heterocycles. The van der Waals surface area contributed by atoms with Crippen LogP contribution in [0, 0.1) is 0 Å². The zero-order chi connectivity index (χ0) is 20.4. The average molecular weight is 390 g/mol. The molecule has 0 saturated carbocycles. The highest BCUT2D eigenvalue weighted by atomic mass is 16.3. The lowest BCUT2D eigenvalue weighted by atomic mass is 10.1. The fourth-order valence-electron chi connectivity index (χ4n) is 3.92. The largest absolute Gasteiger partial charge is 0.508 e. The van der Waals surface area contributed by atoms with Crippen molar-refractivity contribution < 1.29 is 5.11 Å². The molecule has 2 heterocycles. The summed E-state index contributed by atoms with van der Waals surface area (Å²) < 4.78 is 1.30. The Balaban J connectivity index is 1.94. The van der Waals surface area contributed by atoms with Gasteiger partial charge in [-0.15, -0.1) is 0 Å². The summed E-state index contributed by atoms with van der Waals surface area (Å²) in [6, 6.07) is 15.0. The molecule has 4 rings (SSSR count). The lowest BCUT2D eigenvalue weighted by Crippen LogP contribution is -2.35. The number of aromatic nitrogens is 2. The fourth-order valence-corrected chi connectivity index (χ4v) is 3.92. The SMILES string of the molecule is CCc1ccc(-n2nc(-c3ccccc3)c(N3CCCCC3)c(N)c2=O)cc1O. The molecule has 150 valence electrons. The van der Waals surface area contributed by atoms with E-state index in [0.29, 0.717) is 23.5 Å². The summed E-state index contributed by atoms with van der Waals surface area (Å²) in [6.07, 6.45) is 4.04. The van der Waals surface area contributed by atoms with E-state index in [2.05, 4.69) is 4.90 Å². The lowest BCUT2D eigenvalue weighted by Gasteiger charge is -2.31. The van der Waals surface area contributed by atoms with Crippen LogP contribution in [-0.2, 0) is 6.42 Å². The maximum absolute atomic E-state index is 13.1. The number of phenols is 1. The lowest BCUT2D eigenvalue weighted by molar-refractivity contribution is 0.468. The van der Waals surface area contributed by atoms with E-state index < -0.39 is 0 Å². The topological polar surface area (TPSA) is 84.4 Å². The third-order valence-electron chi connectivity index (χ3n) is 5.52. The van der Waals surface area contributed by atoms with Gasteiger partial charge in [-0.1, -0.05) is 43.3 Å². The molecular weight excluding hydrogens is 364 g/mol. The first-order chi connectivity index (χ1) is 14.1. The van der Waals surface area contributed by atoms with E-state index in [1.807, 2.05) is 43.3 Å². The Bertz CT molecular complexity index is 1070. The highest BCUT2D eigenvalue weighted by Gasteiger charge is 2.24. The summed E-state index contributed by atoms with van der Waals surface area (Å²) in [5.41, 5.74) is 9.86. The molecule has 0 atom stereocenters. The second-order valence-corrected chi connectivity index (χ2v) is 7.41. The molecule has 6 nitrogen and oxygen atoms in total. The second-order valence-electron chi connectivity index (χ2n) is 7.41. The van der Waals surface area contributed by atoms with Crippen LogP contribution in [0.4, 0.5) is 11.4 Å². The first-order valence-corrected chi connectivity index (χ1v) is 10.2. The number of nitrogens with zero attached hydrogens (tertiary/aromatic N) is 3. The van der Waals surface area contributed by atoms with E-state index in [9.17, 15) is 9.90 Å². The number of hydrogen-bond donors (Lipinski definition) is 2. The van der Waals surface area contributed by atoms with Crippen molar-refractivity contribution >= 4 is 11.4 Å². The summed E-state index contributed by atoms with van der Waals surface area (Å²) in [5, 5.41) is 15.0. The van der Waals surface area contributed by atoms with Crippen LogP contribution in [0.15, 0.2) is 53.3 Å². The van der Waals surface area contributed by atoms with Gasteiger partial charge in [-0.3, -0.25) is 4.79 Å². The van der Waals surface area contributed by atoms with Crippen LogP contribution in [0.2, 0.25) is 0 Å². The van der Waals surface area contributed by atoms with Gasteiger partial charge < -0.3 is 15.7 Å². The normalized spacial score (nSPS) is 14.2. The smallest absolute Gasteiger partial charge is 0.296 e. The summed E-state index contributed by atoms with van der Waals surface area (Å²) in [6.45, 7) is 3.69. The van der Waals surface area contributed by atoms with Crippen LogP contribution >= 0.6 is 0 Å². The molecular formula is C23H26N4O2. The number of nitrogen functional groups attached to an aromatic ring is 1. The van der Waals surface area contributed by atoms with Crippen LogP contribution in [0.5, 0.6) is 5.75 Å². The Morgan fingerprint density at radius 2 is 1.79 bits per heavy atom. The third-order valence-corrected chi connectivity index (χ3v) is 5.52. The van der Waals surface area contributed by atoms with Gasteiger partial charge in [0.15, 0.2) is 0 Å². The summed E-state index contributed by atoms with van der Waals surface area (Å²) in [7, 11) is 0. The molecule has 3 N–H and O–H groups in total. The third kappa shape index (κ3) is 3.58. The zero-order valence-corrected chi connectivity index (χ0v) is 16.6. The first-order valence-electron chi connectivity index (χ1n) is 10.2. The Hall–Kier alpha value is -3.28. The van der Waals surface area contributed by atoms with Gasteiger partial charge in [-0.05, 0) is 37.3 Å². The van der Waals surface area contributed by atoms with E-state index >= 15 is 0 Å². The minimum atomic E-state index is -0.367. The highest BCUT2D eigenvalue weighted by Crippen LogP contribution is 2.34. The number of aryl methyl sites for hydroxylation is 1. The van der Waals surface area contributed by atoms with Crippen molar-refractivity contribution in [1.29, 1.82) is 0 Å². The summed E-state index contributed by atoms with van der Waals surface area (Å²) >= 11 is 0. The number of piperidine rings is 1. The predicted octanol–water partition coefficient (Wildman–Crippen LogP) is 3.74. The van der Waals surface area contributed by atoms with Crippen LogP contribution in [-0.4, -0.2) is 28.0 Å². The average Bonchev–Trinajstić information content (AvgIpc) is 2.76. The standard InChI is InChI=1S/C23H26N4O2/c1-2-16-11-12-18(15-19(16)28)27-23(29)20(24)22(26-13-7-4-8-14-26)21(25-27)17-9-5-3-6-10-17/h3,5-6,9-12,15,28H,2,4,7-8,13-14,24H2,1H3. The number of anilines is 2. The molecule has 2 aromatic carbocycles. The molecule has 1 aliphatic heterocycles. The van der Waals surface area contributed by atoms with Crippen molar-refractivity contribution in [3.05, 3.63) is 64.4 Å². The van der Waals surface area contributed by atoms with E-state index in [-0.39, 0.29) is 17.0 Å². The molecule has 0 radical (unpaired) electrons. The maximum Gasteiger partial charge on any atom is 0.296 e. The van der Waals surface area contributed by atoms with Gasteiger partial charge in [0.1, 0.15) is 17.1 Å². The number of phenolic OH excluding ortho intramolecular Hbond substituents is 1. The van der Waals surface area contributed by atoms with Crippen molar-refractivity contribution in [2.24, 2.45) is 0 Å². The van der Waals surface area contributed by atoms with Crippen LogP contribution in [0.3, 0.4) is 0 Å². The van der Waals surface area contributed by atoms with Crippen molar-refractivity contribution in [2.45, 2.75) is 32.6 Å². The highest BCUT2D eigenvalue weighted by molar-refractivity contribution is 5.83. The molecule has 29 heavy (non-hydrogen) atoms. The molecule has 0 amide bonds. The van der Waals surface area contributed by atoms with Crippen LogP contribution < -0.4 is 16.2 Å². The van der Waals surface area contributed by atoms with E-state index in [4.69, 9.17) is 10.8 Å². The molecule has 1 aliphatic rings. The molecule has 0 bridgehead atoms. The summed E-state index contributed by atoms with van der Waals surface area (Å²) in [4.78, 5) is 15.3. The predicted molar refractivity (Wildman–Crippen MR) is 117 cm³/mol. The van der Waals surface area contributed by atoms with E-state index in [1.165, 1.54) is 11.1 Å². The number of hydrogen-bond acceptors (Lipinski definition) is 5. The molecule has 0 unspecified atom stereocenters. The molecule has 3 aromatic rings. The number of aromatic hydroxyl groups is 1. The van der Waals surface area contributed by atoms with Crippen LogP contribution in [0.25, 0.3) is 16.9 Å². The first kappa shape index (κ1) is 19.1. The number of benzene rings is 2. The second kappa shape index (κ2) is 7.99. The minimum Gasteiger partial charge on any atom is -0.508 e. The van der Waals surface area contributed by atoms with Gasteiger partial charge >= 0.3 is 0 Å². The van der Waals surface area contributed by atoms with Gasteiger partial charge in [-0.25, -0.2) is 0 Å². The summed E-state index contributed by atoms with van der Waals surface area (Å²) in [5.74, 6) is 0.152. The monoisotopic (exact) mass is 390 g/mol. The Labute approximate surface area is 170 Å². The van der Waals surface area contributed by atoms with Crippen LogP contribution in [0.1, 0.15) is 31.7 Å². The van der Waals surface area contributed by atoms with Gasteiger partial charge in [0.2, 0.25) is 0 Å². The van der Waals surface area contributed by atoms with Crippen molar-refractivity contribution in [3.63, 3.8) is 0 Å². The van der Waals surface area contributed by atoms with Crippen molar-refractivity contribution in [2.75, 3.05) is 23.7 Å². The molecule has 6 heteroatoms. The van der Waals surface area contributed by atoms with Crippen molar-refractivity contribution in [3.8, 4) is 22.7 Å². The maximum atomic E-state index is 13.1. The number of rotatable bonds is 4. The molecule has 1 fully saturated rings. The van der Waals surface area contributed by atoms with E-state index in [1.54, 1.807) is 12.1 Å². The molecule has 0 aliphatic carbocycles. The van der Waals surface area contributed by atoms with Gasteiger partial charge in [0.05, 0.1) is 11.4 Å². The Kier molecular flexibility index (Phi) is 5.25. The Morgan fingerprint density at radius 1 is 1.07 bits per heavy atom. The van der Waals surface area contributed by atoms with Gasteiger partial charge in [0.25, 0.3) is 5.56 Å².